The lowest BCUT2D eigenvalue weighted by Gasteiger charge is -1.99. The summed E-state index contributed by atoms with van der Waals surface area (Å²) >= 11 is 0. The molecule has 1 atom stereocenters. The third-order valence-electron chi connectivity index (χ3n) is 1.52. The Kier molecular flexibility index (Phi) is 6.10. The third kappa shape index (κ3) is 7.75. The molecule has 1 heterocycles. The normalized spacial score (nSPS) is 16.5. The summed E-state index contributed by atoms with van der Waals surface area (Å²) in [5, 5.41) is 7.89. The second kappa shape index (κ2) is 6.79. The van der Waals surface area contributed by atoms with E-state index >= 15 is 0 Å². The minimum Gasteiger partial charge on any atom is -0.478 e. The molecule has 1 N–H and O–H groups in total. The Morgan fingerprint density at radius 3 is 2.06 bits per heavy atom. The summed E-state index contributed by atoms with van der Waals surface area (Å²) in [6.45, 7) is 10.7. The quantitative estimate of drug-likeness (QED) is 0.444. The SMILES string of the molecule is C=C(C)C(=O)O.C=C(C)C(=O)OCC1CO1. The van der Waals surface area contributed by atoms with Crippen molar-refractivity contribution in [1.82, 2.24) is 0 Å². The number of carboxylic acid groups (broad SMARTS) is 1. The van der Waals surface area contributed by atoms with Gasteiger partial charge < -0.3 is 14.6 Å². The van der Waals surface area contributed by atoms with Gasteiger partial charge >= 0.3 is 11.9 Å². The van der Waals surface area contributed by atoms with E-state index in [2.05, 4.69) is 13.2 Å². The van der Waals surface area contributed by atoms with Crippen LogP contribution in [0.15, 0.2) is 24.3 Å². The number of esters is 1. The van der Waals surface area contributed by atoms with Crippen LogP contribution in [0.5, 0.6) is 0 Å². The highest BCUT2D eigenvalue weighted by Gasteiger charge is 2.24. The lowest BCUT2D eigenvalue weighted by molar-refractivity contribution is -0.139. The van der Waals surface area contributed by atoms with Gasteiger partial charge in [0.1, 0.15) is 12.7 Å². The molecular weight excluding hydrogens is 212 g/mol. The number of hydrogen-bond donors (Lipinski definition) is 1. The van der Waals surface area contributed by atoms with Crippen LogP contribution < -0.4 is 0 Å². The molecule has 5 nitrogen and oxygen atoms in total. The number of aliphatic carboxylic acids is 1. The zero-order valence-electron chi connectivity index (χ0n) is 9.49. The van der Waals surface area contributed by atoms with Crippen molar-refractivity contribution < 1.29 is 24.2 Å². The zero-order chi connectivity index (χ0) is 12.7. The summed E-state index contributed by atoms with van der Waals surface area (Å²) in [7, 11) is 0. The highest BCUT2D eigenvalue weighted by molar-refractivity contribution is 5.86. The second-order valence-electron chi connectivity index (χ2n) is 3.42. The van der Waals surface area contributed by atoms with Gasteiger partial charge in [-0.15, -0.1) is 0 Å². The highest BCUT2D eigenvalue weighted by atomic mass is 16.6. The monoisotopic (exact) mass is 228 g/mol. The van der Waals surface area contributed by atoms with Gasteiger partial charge in [0.05, 0.1) is 6.61 Å². The smallest absolute Gasteiger partial charge is 0.333 e. The van der Waals surface area contributed by atoms with Gasteiger partial charge in [-0.3, -0.25) is 0 Å². The van der Waals surface area contributed by atoms with Crippen LogP contribution in [0.3, 0.4) is 0 Å². The first kappa shape index (κ1) is 14.4. The molecular formula is C11H16O5. The zero-order valence-corrected chi connectivity index (χ0v) is 9.49. The first-order valence-corrected chi connectivity index (χ1v) is 4.67. The van der Waals surface area contributed by atoms with Crippen molar-refractivity contribution in [3.8, 4) is 0 Å². The molecule has 1 fully saturated rings. The van der Waals surface area contributed by atoms with E-state index in [0.29, 0.717) is 18.8 Å². The molecule has 1 aliphatic heterocycles. The lowest BCUT2D eigenvalue weighted by Crippen LogP contribution is -2.09. The molecule has 0 aliphatic carbocycles. The Morgan fingerprint density at radius 1 is 1.38 bits per heavy atom. The van der Waals surface area contributed by atoms with Crippen LogP contribution in [0.1, 0.15) is 13.8 Å². The Balaban J connectivity index is 0.000000325. The summed E-state index contributed by atoms with van der Waals surface area (Å²) < 4.78 is 9.60. The minimum absolute atomic E-state index is 0.142. The lowest BCUT2D eigenvalue weighted by atomic mass is 10.4. The molecule has 0 aromatic heterocycles. The summed E-state index contributed by atoms with van der Waals surface area (Å²) in [6, 6.07) is 0. The van der Waals surface area contributed by atoms with Crippen molar-refractivity contribution in [2.75, 3.05) is 13.2 Å². The average Bonchev–Trinajstić information content (AvgIpc) is 2.98. The van der Waals surface area contributed by atoms with E-state index in [-0.39, 0.29) is 17.6 Å². The molecule has 0 radical (unpaired) electrons. The first-order chi connectivity index (χ1) is 7.34. The Bertz CT molecular complexity index is 289. The predicted octanol–water partition coefficient (Wildman–Crippen LogP) is 1.15. The Labute approximate surface area is 94.4 Å². The van der Waals surface area contributed by atoms with Crippen molar-refractivity contribution in [3.05, 3.63) is 24.3 Å². The Morgan fingerprint density at radius 2 is 1.81 bits per heavy atom. The van der Waals surface area contributed by atoms with E-state index in [1.165, 1.54) is 6.92 Å². The maximum Gasteiger partial charge on any atom is 0.333 e. The van der Waals surface area contributed by atoms with Gasteiger partial charge in [0.15, 0.2) is 0 Å². The summed E-state index contributed by atoms with van der Waals surface area (Å²) in [4.78, 5) is 20.3. The van der Waals surface area contributed by atoms with E-state index in [9.17, 15) is 9.59 Å². The van der Waals surface area contributed by atoms with E-state index < -0.39 is 5.97 Å². The highest BCUT2D eigenvalue weighted by Crippen LogP contribution is 2.09. The first-order valence-electron chi connectivity index (χ1n) is 4.67. The van der Waals surface area contributed by atoms with Gasteiger partial charge in [-0.25, -0.2) is 9.59 Å². The largest absolute Gasteiger partial charge is 0.478 e. The fourth-order valence-electron chi connectivity index (χ4n) is 0.456. The third-order valence-corrected chi connectivity index (χ3v) is 1.52. The van der Waals surface area contributed by atoms with Gasteiger partial charge in [-0.05, 0) is 13.8 Å². The number of carbonyl (C=O) groups is 2. The molecule has 5 heteroatoms. The van der Waals surface area contributed by atoms with Crippen molar-refractivity contribution in [3.63, 3.8) is 0 Å². The van der Waals surface area contributed by atoms with E-state index in [4.69, 9.17) is 14.6 Å². The van der Waals surface area contributed by atoms with Crippen molar-refractivity contribution in [2.45, 2.75) is 20.0 Å². The molecule has 0 spiro atoms. The number of hydrogen-bond acceptors (Lipinski definition) is 4. The molecule has 90 valence electrons. The van der Waals surface area contributed by atoms with Crippen molar-refractivity contribution in [1.29, 1.82) is 0 Å². The van der Waals surface area contributed by atoms with Crippen LogP contribution in [0.2, 0.25) is 0 Å². The number of ether oxygens (including phenoxy) is 2. The molecule has 1 aliphatic rings. The average molecular weight is 228 g/mol. The standard InChI is InChI=1S/C7H10O3.C4H6O2/c1-5(2)7(8)10-4-6-3-9-6;1-3(2)4(5)6/h6H,1,3-4H2,2H3;1H2,2H3,(H,5,6). The maximum absolute atomic E-state index is 10.7. The van der Waals surface area contributed by atoms with Crippen molar-refractivity contribution in [2.24, 2.45) is 0 Å². The molecule has 0 saturated carbocycles. The van der Waals surface area contributed by atoms with Crippen LogP contribution in [-0.4, -0.2) is 36.4 Å². The van der Waals surface area contributed by atoms with Crippen LogP contribution in [0.25, 0.3) is 0 Å². The fraction of sp³-hybridized carbons (Fsp3) is 0.455. The molecule has 0 bridgehead atoms. The number of carboxylic acids is 1. The van der Waals surface area contributed by atoms with Crippen LogP contribution in [-0.2, 0) is 19.1 Å². The molecule has 0 aromatic rings. The summed E-state index contributed by atoms with van der Waals surface area (Å²) in [5.41, 5.74) is 0.607. The molecule has 0 amide bonds. The number of carbonyl (C=O) groups excluding carboxylic acids is 1. The van der Waals surface area contributed by atoms with Crippen LogP contribution in [0.4, 0.5) is 0 Å². The Hall–Kier alpha value is -1.62. The second-order valence-corrected chi connectivity index (χ2v) is 3.42. The van der Waals surface area contributed by atoms with Gasteiger partial charge in [0, 0.05) is 11.1 Å². The molecule has 0 aromatic carbocycles. The van der Waals surface area contributed by atoms with Crippen LogP contribution in [0, 0.1) is 0 Å². The van der Waals surface area contributed by atoms with Gasteiger partial charge in [-0.2, -0.15) is 0 Å². The van der Waals surface area contributed by atoms with Crippen molar-refractivity contribution >= 4 is 11.9 Å². The maximum atomic E-state index is 10.7. The molecule has 1 rings (SSSR count). The molecule has 1 unspecified atom stereocenters. The number of rotatable bonds is 4. The summed E-state index contributed by atoms with van der Waals surface area (Å²) in [5.74, 6) is -1.27. The minimum atomic E-state index is -0.935. The van der Waals surface area contributed by atoms with Gasteiger partial charge in [-0.1, -0.05) is 13.2 Å². The van der Waals surface area contributed by atoms with E-state index in [0.717, 1.165) is 0 Å². The van der Waals surface area contributed by atoms with Gasteiger partial charge in [0.25, 0.3) is 0 Å². The fourth-order valence-corrected chi connectivity index (χ4v) is 0.456. The van der Waals surface area contributed by atoms with E-state index in [1.807, 2.05) is 0 Å². The molecule has 1 saturated heterocycles. The van der Waals surface area contributed by atoms with Crippen LogP contribution >= 0.6 is 0 Å². The molecule has 16 heavy (non-hydrogen) atoms. The predicted molar refractivity (Wildman–Crippen MR) is 58.0 cm³/mol. The topological polar surface area (TPSA) is 76.1 Å². The van der Waals surface area contributed by atoms with E-state index in [1.54, 1.807) is 6.92 Å². The van der Waals surface area contributed by atoms with Gasteiger partial charge in [0.2, 0.25) is 0 Å². The number of epoxide rings is 1. The summed E-state index contributed by atoms with van der Waals surface area (Å²) in [6.07, 6.45) is 0.142.